The lowest BCUT2D eigenvalue weighted by atomic mass is 10.0. The van der Waals surface area contributed by atoms with Crippen LogP contribution in [-0.2, 0) is 19.7 Å². The van der Waals surface area contributed by atoms with Crippen molar-refractivity contribution >= 4 is 42.4 Å². The first kappa shape index (κ1) is 36.4. The smallest absolute Gasteiger partial charge is 0.292 e. The fourth-order valence-corrected chi connectivity index (χ4v) is 9.70. The van der Waals surface area contributed by atoms with Gasteiger partial charge in [0.05, 0.1) is 44.2 Å². The minimum absolute atomic E-state index is 0.00419. The average molecular weight is 731 g/mol. The molecular weight excluding hydrogens is 693 g/mol. The maximum Gasteiger partial charge on any atom is 0.292 e. The number of anilines is 2. The van der Waals surface area contributed by atoms with Crippen LogP contribution in [0.3, 0.4) is 0 Å². The molecule has 18 heteroatoms. The number of benzene rings is 2. The van der Waals surface area contributed by atoms with Gasteiger partial charge in [0.25, 0.3) is 11.4 Å². The van der Waals surface area contributed by atoms with Crippen molar-refractivity contribution in [1.82, 2.24) is 10.3 Å². The zero-order valence-corrected chi connectivity index (χ0v) is 29.6. The third kappa shape index (κ3) is 8.47. The molecule has 0 radical (unpaired) electrons. The lowest BCUT2D eigenvalue weighted by Crippen LogP contribution is -2.35. The number of aryl methyl sites for hydroxylation is 4. The fraction of sp³-hybridized carbons (Fsp3) is 0.438. The van der Waals surface area contributed by atoms with Crippen molar-refractivity contribution in [2.75, 3.05) is 33.6 Å². The summed E-state index contributed by atoms with van der Waals surface area (Å²) in [6.07, 6.45) is 2.46. The van der Waals surface area contributed by atoms with E-state index in [2.05, 4.69) is 20.9 Å². The van der Waals surface area contributed by atoms with Gasteiger partial charge in [-0.15, -0.1) is 0 Å². The monoisotopic (exact) mass is 730 g/mol. The van der Waals surface area contributed by atoms with Crippen LogP contribution in [0, 0.1) is 47.9 Å². The highest BCUT2D eigenvalue weighted by Gasteiger charge is 2.29. The Hall–Kier alpha value is -4.84. The second kappa shape index (κ2) is 14.6. The summed E-state index contributed by atoms with van der Waals surface area (Å²) >= 11 is 0. The molecule has 2 aliphatic heterocycles. The molecule has 4 heterocycles. The Morgan fingerprint density at radius 3 is 1.36 bits per heavy atom. The minimum Gasteiger partial charge on any atom is -0.376 e. The molecule has 2 atom stereocenters. The van der Waals surface area contributed by atoms with E-state index in [0.29, 0.717) is 71.1 Å². The fourth-order valence-electron chi connectivity index (χ4n) is 6.42. The SMILES string of the molecule is Cc1noc(C)c1-c1ccc(NC2CCCS(=O)(=O)C2)c([N+](=O)[O-])c1.Cc1noc(C)c1-c1ccc(NC2CCCS(=O)(=O)C2)c([N+](=O)[O-])c1. The normalized spacial score (nSPS) is 19.5. The Balaban J connectivity index is 0.000000194. The Bertz CT molecular complexity index is 1950. The summed E-state index contributed by atoms with van der Waals surface area (Å²) in [5.41, 5.74) is 4.52. The second-order valence-corrected chi connectivity index (χ2v) is 17.0. The second-order valence-electron chi connectivity index (χ2n) is 12.6. The van der Waals surface area contributed by atoms with E-state index in [1.165, 1.54) is 12.1 Å². The van der Waals surface area contributed by atoms with Crippen LogP contribution >= 0.6 is 0 Å². The first-order valence-electron chi connectivity index (χ1n) is 15.9. The van der Waals surface area contributed by atoms with Gasteiger partial charge in [-0.25, -0.2) is 16.8 Å². The van der Waals surface area contributed by atoms with Crippen LogP contribution in [0.15, 0.2) is 45.4 Å². The molecule has 2 fully saturated rings. The number of hydrogen-bond acceptors (Lipinski definition) is 14. The number of rotatable bonds is 8. The van der Waals surface area contributed by atoms with E-state index in [1.807, 2.05) is 0 Å². The number of hydrogen-bond donors (Lipinski definition) is 2. The van der Waals surface area contributed by atoms with Crippen LogP contribution in [0.1, 0.15) is 48.6 Å². The van der Waals surface area contributed by atoms with Crippen molar-refractivity contribution in [3.8, 4) is 22.3 Å². The first-order chi connectivity index (χ1) is 23.5. The third-order valence-electron chi connectivity index (χ3n) is 8.68. The molecule has 2 aromatic heterocycles. The molecule has 6 rings (SSSR count). The minimum atomic E-state index is -3.09. The Kier molecular flexibility index (Phi) is 10.6. The van der Waals surface area contributed by atoms with Gasteiger partial charge >= 0.3 is 0 Å². The summed E-state index contributed by atoms with van der Waals surface area (Å²) in [5, 5.41) is 36.8. The van der Waals surface area contributed by atoms with E-state index in [9.17, 15) is 37.1 Å². The molecule has 16 nitrogen and oxygen atoms in total. The first-order valence-corrected chi connectivity index (χ1v) is 19.5. The summed E-state index contributed by atoms with van der Waals surface area (Å²) in [7, 11) is -6.19. The molecular formula is C32H38N6O10S2. The Morgan fingerprint density at radius 2 is 1.06 bits per heavy atom. The van der Waals surface area contributed by atoms with Gasteiger partial charge in [0.15, 0.2) is 19.7 Å². The zero-order valence-electron chi connectivity index (χ0n) is 28.0. The van der Waals surface area contributed by atoms with Gasteiger partial charge in [0.2, 0.25) is 0 Å². The predicted octanol–water partition coefficient (Wildman–Crippen LogP) is 5.71. The molecule has 2 unspecified atom stereocenters. The van der Waals surface area contributed by atoms with Gasteiger partial charge in [0, 0.05) is 35.3 Å². The Morgan fingerprint density at radius 1 is 0.680 bits per heavy atom. The van der Waals surface area contributed by atoms with Crippen LogP contribution in [0.2, 0.25) is 0 Å². The number of aromatic nitrogens is 2. The summed E-state index contributed by atoms with van der Waals surface area (Å²) in [4.78, 5) is 22.0. The number of nitrogens with zero attached hydrogens (tertiary/aromatic N) is 4. The molecule has 0 aliphatic carbocycles. The van der Waals surface area contributed by atoms with Gasteiger partial charge in [0.1, 0.15) is 22.9 Å². The van der Waals surface area contributed by atoms with Crippen LogP contribution in [0.5, 0.6) is 0 Å². The molecule has 0 bridgehead atoms. The molecule has 4 aromatic rings. The molecule has 2 aromatic carbocycles. The zero-order chi connectivity index (χ0) is 36.4. The molecule has 0 amide bonds. The number of nitro benzene ring substituents is 2. The lowest BCUT2D eigenvalue weighted by molar-refractivity contribution is -0.384. The van der Waals surface area contributed by atoms with Crippen LogP contribution < -0.4 is 10.6 Å². The van der Waals surface area contributed by atoms with Crippen molar-refractivity contribution < 1.29 is 35.7 Å². The lowest BCUT2D eigenvalue weighted by Gasteiger charge is -2.24. The van der Waals surface area contributed by atoms with Crippen molar-refractivity contribution in [3.05, 3.63) is 79.5 Å². The quantitative estimate of drug-likeness (QED) is 0.163. The van der Waals surface area contributed by atoms with E-state index < -0.39 is 29.5 Å². The van der Waals surface area contributed by atoms with E-state index in [0.717, 1.165) is 11.1 Å². The summed E-state index contributed by atoms with van der Waals surface area (Å²) in [5.74, 6) is 1.53. The van der Waals surface area contributed by atoms with E-state index in [4.69, 9.17) is 9.05 Å². The molecule has 2 aliphatic rings. The standard InChI is InChI=1S/2C16H19N3O5S/c2*1-10-16(11(2)24-18-10)12-5-6-14(15(8-12)19(20)21)17-13-4-3-7-25(22,23)9-13/h2*5-6,8,13,17H,3-4,7,9H2,1-2H3. The largest absolute Gasteiger partial charge is 0.376 e. The summed E-state index contributed by atoms with van der Waals surface area (Å²) in [6, 6.07) is 9.02. The van der Waals surface area contributed by atoms with Gasteiger partial charge in [-0.05, 0) is 76.6 Å². The van der Waals surface area contributed by atoms with Crippen molar-refractivity contribution in [2.45, 2.75) is 65.5 Å². The predicted molar refractivity (Wildman–Crippen MR) is 187 cm³/mol. The summed E-state index contributed by atoms with van der Waals surface area (Å²) in [6.45, 7) is 7.05. The third-order valence-corrected chi connectivity index (χ3v) is 12.3. The van der Waals surface area contributed by atoms with E-state index >= 15 is 0 Å². The maximum atomic E-state index is 11.8. The summed E-state index contributed by atoms with van der Waals surface area (Å²) < 4.78 is 57.3. The molecule has 0 saturated carbocycles. The Labute approximate surface area is 288 Å². The van der Waals surface area contributed by atoms with Gasteiger partial charge in [-0.1, -0.05) is 22.4 Å². The van der Waals surface area contributed by atoms with Crippen LogP contribution in [0.4, 0.5) is 22.7 Å². The van der Waals surface area contributed by atoms with Gasteiger partial charge in [-0.3, -0.25) is 20.2 Å². The topological polar surface area (TPSA) is 231 Å². The molecule has 268 valence electrons. The maximum absolute atomic E-state index is 11.8. The van der Waals surface area contributed by atoms with E-state index in [-0.39, 0.29) is 46.5 Å². The van der Waals surface area contributed by atoms with Crippen LogP contribution in [0.25, 0.3) is 22.3 Å². The average Bonchev–Trinajstić information content (AvgIpc) is 3.55. The van der Waals surface area contributed by atoms with Gasteiger partial charge in [-0.2, -0.15) is 0 Å². The highest BCUT2D eigenvalue weighted by Crippen LogP contribution is 2.36. The van der Waals surface area contributed by atoms with Crippen molar-refractivity contribution in [3.63, 3.8) is 0 Å². The van der Waals surface area contributed by atoms with Crippen molar-refractivity contribution in [1.29, 1.82) is 0 Å². The molecule has 50 heavy (non-hydrogen) atoms. The molecule has 2 saturated heterocycles. The number of nitro groups is 2. The molecule has 0 spiro atoms. The molecule has 2 N–H and O–H groups in total. The highest BCUT2D eigenvalue weighted by atomic mass is 32.2. The van der Waals surface area contributed by atoms with Crippen LogP contribution in [-0.4, -0.2) is 72.1 Å². The highest BCUT2D eigenvalue weighted by molar-refractivity contribution is 7.91. The van der Waals surface area contributed by atoms with Gasteiger partial charge < -0.3 is 19.7 Å². The van der Waals surface area contributed by atoms with Crippen molar-refractivity contribution in [2.24, 2.45) is 0 Å². The number of sulfone groups is 2. The number of nitrogens with one attached hydrogen (secondary N) is 2. The van der Waals surface area contributed by atoms with E-state index in [1.54, 1.807) is 52.0 Å².